The van der Waals surface area contributed by atoms with Gasteiger partial charge in [0.05, 0.1) is 6.10 Å². The van der Waals surface area contributed by atoms with Gasteiger partial charge in [0.2, 0.25) is 0 Å². The fraction of sp³-hybridized carbons (Fsp3) is 0.133. The van der Waals surface area contributed by atoms with Gasteiger partial charge in [-0.25, -0.2) is 4.39 Å². The maximum Gasteiger partial charge on any atom is 0.196 e. The molecule has 0 amide bonds. The fourth-order valence-corrected chi connectivity index (χ4v) is 2.42. The number of rotatable bonds is 4. The molecule has 0 aromatic heterocycles. The van der Waals surface area contributed by atoms with E-state index in [1.165, 1.54) is 24.3 Å². The monoisotopic (exact) mass is 276 g/mol. The summed E-state index contributed by atoms with van der Waals surface area (Å²) in [6, 6.07) is 14.8. The molecule has 98 valence electrons. The molecule has 2 nitrogen and oxygen atoms in total. The summed E-state index contributed by atoms with van der Waals surface area (Å²) >= 11 is 1.10. The Morgan fingerprint density at radius 2 is 1.74 bits per heavy atom. The van der Waals surface area contributed by atoms with Crippen molar-refractivity contribution in [1.82, 2.24) is 0 Å². The van der Waals surface area contributed by atoms with Crippen LogP contribution in [-0.2, 0) is 4.79 Å². The molecule has 0 unspecified atom stereocenters. The topological polar surface area (TPSA) is 37.3 Å². The first-order chi connectivity index (χ1) is 9.15. The summed E-state index contributed by atoms with van der Waals surface area (Å²) in [5.74, 6) is -0.360. The highest BCUT2D eigenvalue weighted by molar-refractivity contribution is 8.13. The van der Waals surface area contributed by atoms with Crippen molar-refractivity contribution >= 4 is 16.9 Å². The quantitative estimate of drug-likeness (QED) is 0.867. The average Bonchev–Trinajstić information content (AvgIpc) is 2.40. The molecule has 2 aromatic rings. The van der Waals surface area contributed by atoms with E-state index < -0.39 is 6.10 Å². The summed E-state index contributed by atoms with van der Waals surface area (Å²) in [5, 5.41) is 9.78. The van der Waals surface area contributed by atoms with Gasteiger partial charge in [0, 0.05) is 11.3 Å². The first kappa shape index (κ1) is 13.8. The van der Waals surface area contributed by atoms with E-state index in [0.29, 0.717) is 5.56 Å². The summed E-state index contributed by atoms with van der Waals surface area (Å²) in [4.78, 5) is 12.6. The summed E-state index contributed by atoms with van der Waals surface area (Å²) < 4.78 is 12.7. The molecule has 0 saturated heterocycles. The maximum atomic E-state index is 12.7. The third-order valence-corrected chi connectivity index (χ3v) is 3.49. The lowest BCUT2D eigenvalue weighted by Gasteiger charge is -2.09. The molecule has 0 spiro atoms. The first-order valence-electron chi connectivity index (χ1n) is 5.84. The van der Waals surface area contributed by atoms with E-state index >= 15 is 0 Å². The van der Waals surface area contributed by atoms with Gasteiger partial charge in [-0.3, -0.25) is 4.79 Å². The van der Waals surface area contributed by atoms with E-state index in [0.717, 1.165) is 16.7 Å². The molecule has 4 heteroatoms. The number of hydrogen-bond donors (Lipinski definition) is 1. The Balaban J connectivity index is 1.93. The molecule has 1 N–H and O–H groups in total. The minimum absolute atomic E-state index is 0.00515. The van der Waals surface area contributed by atoms with Crippen LogP contribution in [0.1, 0.15) is 18.1 Å². The molecule has 0 bridgehead atoms. The second-order valence-electron chi connectivity index (χ2n) is 4.06. The van der Waals surface area contributed by atoms with E-state index in [1.807, 2.05) is 30.3 Å². The molecule has 0 heterocycles. The average molecular weight is 276 g/mol. The van der Waals surface area contributed by atoms with Crippen LogP contribution in [0.2, 0.25) is 0 Å². The zero-order valence-electron chi connectivity index (χ0n) is 10.1. The zero-order chi connectivity index (χ0) is 13.7. The van der Waals surface area contributed by atoms with E-state index in [2.05, 4.69) is 0 Å². The van der Waals surface area contributed by atoms with Crippen molar-refractivity contribution in [2.24, 2.45) is 0 Å². The van der Waals surface area contributed by atoms with Gasteiger partial charge in [-0.15, -0.1) is 0 Å². The van der Waals surface area contributed by atoms with Gasteiger partial charge in [0.25, 0.3) is 0 Å². The van der Waals surface area contributed by atoms with Crippen molar-refractivity contribution in [2.45, 2.75) is 17.4 Å². The number of hydrogen-bond acceptors (Lipinski definition) is 3. The third-order valence-electron chi connectivity index (χ3n) is 2.59. The van der Waals surface area contributed by atoms with Gasteiger partial charge in [-0.05, 0) is 29.8 Å². The Hall–Kier alpha value is -1.65. The standard InChI is InChI=1S/C15H13FO2S/c16-12-8-6-11(7-9-12)14(17)10-15(18)19-13-4-2-1-3-5-13/h1-9,14,17H,10H2/t14-/m1/s1. The van der Waals surface area contributed by atoms with Crippen molar-refractivity contribution in [3.8, 4) is 0 Å². The summed E-state index contributed by atoms with van der Waals surface area (Å²) in [5.41, 5.74) is 0.545. The Labute approximate surface area is 115 Å². The maximum absolute atomic E-state index is 12.7. The predicted octanol–water partition coefficient (Wildman–Crippen LogP) is 3.57. The van der Waals surface area contributed by atoms with Crippen LogP contribution in [0.25, 0.3) is 0 Å². The third kappa shape index (κ3) is 4.19. The van der Waals surface area contributed by atoms with Gasteiger partial charge in [-0.2, -0.15) is 0 Å². The second-order valence-corrected chi connectivity index (χ2v) is 5.19. The molecular formula is C15H13FO2S. The van der Waals surface area contributed by atoms with Gasteiger partial charge < -0.3 is 5.11 Å². The van der Waals surface area contributed by atoms with E-state index in [4.69, 9.17) is 0 Å². The lowest BCUT2D eigenvalue weighted by molar-refractivity contribution is -0.112. The highest BCUT2D eigenvalue weighted by Gasteiger charge is 2.14. The molecule has 0 aliphatic rings. The number of halogens is 1. The smallest absolute Gasteiger partial charge is 0.196 e. The summed E-state index contributed by atoms with van der Waals surface area (Å²) in [7, 11) is 0. The predicted molar refractivity (Wildman–Crippen MR) is 73.3 cm³/mol. The Morgan fingerprint density at radius 3 is 2.37 bits per heavy atom. The molecule has 0 radical (unpaired) electrons. The van der Waals surface area contributed by atoms with Gasteiger partial charge in [0.1, 0.15) is 5.82 Å². The minimum atomic E-state index is -0.899. The molecule has 19 heavy (non-hydrogen) atoms. The largest absolute Gasteiger partial charge is 0.388 e. The molecule has 1 atom stereocenters. The van der Waals surface area contributed by atoms with Crippen molar-refractivity contribution < 1.29 is 14.3 Å². The number of carbonyl (C=O) groups is 1. The number of benzene rings is 2. The first-order valence-corrected chi connectivity index (χ1v) is 6.66. The van der Waals surface area contributed by atoms with E-state index in [1.54, 1.807) is 0 Å². The second kappa shape index (κ2) is 6.50. The van der Waals surface area contributed by atoms with Crippen molar-refractivity contribution in [2.75, 3.05) is 0 Å². The van der Waals surface area contributed by atoms with Gasteiger partial charge in [-0.1, -0.05) is 42.1 Å². The summed E-state index contributed by atoms with van der Waals surface area (Å²) in [6.45, 7) is 0. The normalized spacial score (nSPS) is 12.1. The summed E-state index contributed by atoms with van der Waals surface area (Å²) in [6.07, 6.45) is -0.894. The van der Waals surface area contributed by atoms with Crippen LogP contribution >= 0.6 is 11.8 Å². The van der Waals surface area contributed by atoms with Crippen LogP contribution < -0.4 is 0 Å². The number of aliphatic hydroxyl groups excluding tert-OH is 1. The Bertz CT molecular complexity index is 540. The molecule has 2 aromatic carbocycles. The molecule has 0 aliphatic heterocycles. The van der Waals surface area contributed by atoms with Crippen LogP contribution in [0, 0.1) is 5.82 Å². The molecule has 0 saturated carbocycles. The SMILES string of the molecule is O=C(C[C@@H](O)c1ccc(F)cc1)Sc1ccccc1. The fourth-order valence-electron chi connectivity index (χ4n) is 1.62. The van der Waals surface area contributed by atoms with E-state index in [9.17, 15) is 14.3 Å². The molecule has 2 rings (SSSR count). The minimum Gasteiger partial charge on any atom is -0.388 e. The van der Waals surface area contributed by atoms with Gasteiger partial charge >= 0.3 is 0 Å². The van der Waals surface area contributed by atoms with Crippen LogP contribution in [-0.4, -0.2) is 10.2 Å². The van der Waals surface area contributed by atoms with Crippen molar-refractivity contribution in [3.05, 3.63) is 66.0 Å². The van der Waals surface area contributed by atoms with Crippen LogP contribution in [0.5, 0.6) is 0 Å². The van der Waals surface area contributed by atoms with Gasteiger partial charge in [0.15, 0.2) is 5.12 Å². The Morgan fingerprint density at radius 1 is 1.11 bits per heavy atom. The molecular weight excluding hydrogens is 263 g/mol. The van der Waals surface area contributed by atoms with Crippen LogP contribution in [0.4, 0.5) is 4.39 Å². The van der Waals surface area contributed by atoms with Crippen LogP contribution in [0.15, 0.2) is 59.5 Å². The Kier molecular flexibility index (Phi) is 4.71. The lowest BCUT2D eigenvalue weighted by atomic mass is 10.1. The molecule has 0 fully saturated rings. The van der Waals surface area contributed by atoms with E-state index in [-0.39, 0.29) is 17.4 Å². The van der Waals surface area contributed by atoms with Crippen molar-refractivity contribution in [1.29, 1.82) is 0 Å². The highest BCUT2D eigenvalue weighted by Crippen LogP contribution is 2.25. The molecule has 0 aliphatic carbocycles. The number of carbonyl (C=O) groups excluding carboxylic acids is 1. The number of aliphatic hydroxyl groups is 1. The lowest BCUT2D eigenvalue weighted by Crippen LogP contribution is -2.03. The van der Waals surface area contributed by atoms with Crippen molar-refractivity contribution in [3.63, 3.8) is 0 Å². The van der Waals surface area contributed by atoms with Crippen LogP contribution in [0.3, 0.4) is 0 Å². The highest BCUT2D eigenvalue weighted by atomic mass is 32.2. The zero-order valence-corrected chi connectivity index (χ0v) is 10.9. The number of thioether (sulfide) groups is 1.